The number of hydrogen-bond donors (Lipinski definition) is 1. The van der Waals surface area contributed by atoms with Gasteiger partial charge in [-0.2, -0.15) is 0 Å². The number of carbonyl (C=O) groups excluding carboxylic acids is 2. The van der Waals surface area contributed by atoms with Crippen LogP contribution < -0.4 is 5.32 Å². The van der Waals surface area contributed by atoms with Crippen molar-refractivity contribution in [3.8, 4) is 0 Å². The summed E-state index contributed by atoms with van der Waals surface area (Å²) < 4.78 is 0.706. The first-order chi connectivity index (χ1) is 10.6. The van der Waals surface area contributed by atoms with Gasteiger partial charge in [0.05, 0.1) is 12.1 Å². The summed E-state index contributed by atoms with van der Waals surface area (Å²) in [6.07, 6.45) is 0. The minimum Gasteiger partial charge on any atom is -0.343 e. The molecule has 0 aliphatic rings. The van der Waals surface area contributed by atoms with Gasteiger partial charge in [-0.1, -0.05) is 42.5 Å². The number of likely N-dealkylation sites (N-methyl/N-ethyl adjacent to an activating group) is 1. The standard InChI is InChI=1S/C17H17BrN2O2/c1-20(12-13-7-3-2-4-8-13)16(21)11-19-17(22)14-9-5-6-10-15(14)18/h2-10H,11-12H2,1H3,(H,19,22). The molecule has 0 bridgehead atoms. The van der Waals surface area contributed by atoms with E-state index in [9.17, 15) is 9.59 Å². The lowest BCUT2D eigenvalue weighted by atomic mass is 10.2. The molecule has 0 aromatic heterocycles. The molecule has 2 aromatic rings. The third-order valence-corrected chi connectivity index (χ3v) is 3.90. The van der Waals surface area contributed by atoms with Crippen LogP contribution in [0.4, 0.5) is 0 Å². The minimum atomic E-state index is -0.270. The zero-order valence-electron chi connectivity index (χ0n) is 12.3. The molecule has 0 saturated carbocycles. The highest BCUT2D eigenvalue weighted by atomic mass is 79.9. The maximum absolute atomic E-state index is 12.1. The first-order valence-electron chi connectivity index (χ1n) is 6.88. The average molecular weight is 361 g/mol. The Kier molecular flexibility index (Phi) is 5.72. The number of halogens is 1. The first kappa shape index (κ1) is 16.2. The molecule has 0 fully saturated rings. The van der Waals surface area contributed by atoms with Gasteiger partial charge in [0.25, 0.3) is 5.91 Å². The van der Waals surface area contributed by atoms with Crippen molar-refractivity contribution in [2.45, 2.75) is 6.54 Å². The highest BCUT2D eigenvalue weighted by Gasteiger charge is 2.13. The normalized spacial score (nSPS) is 10.1. The number of hydrogen-bond acceptors (Lipinski definition) is 2. The predicted octanol–water partition coefficient (Wildman–Crippen LogP) is 2.84. The van der Waals surface area contributed by atoms with Crippen LogP contribution in [0.25, 0.3) is 0 Å². The van der Waals surface area contributed by atoms with E-state index in [2.05, 4.69) is 21.2 Å². The third-order valence-electron chi connectivity index (χ3n) is 3.21. The Morgan fingerprint density at radius 1 is 1.05 bits per heavy atom. The molecule has 1 N–H and O–H groups in total. The van der Waals surface area contributed by atoms with E-state index < -0.39 is 0 Å². The van der Waals surface area contributed by atoms with E-state index in [1.165, 1.54) is 0 Å². The summed E-state index contributed by atoms with van der Waals surface area (Å²) in [4.78, 5) is 25.7. The molecule has 2 aromatic carbocycles. The first-order valence-corrected chi connectivity index (χ1v) is 7.68. The summed E-state index contributed by atoms with van der Waals surface area (Å²) in [5.74, 6) is -0.404. The van der Waals surface area contributed by atoms with Gasteiger partial charge < -0.3 is 10.2 Å². The van der Waals surface area contributed by atoms with E-state index in [1.54, 1.807) is 30.1 Å². The monoisotopic (exact) mass is 360 g/mol. The summed E-state index contributed by atoms with van der Waals surface area (Å²) in [6.45, 7) is 0.494. The molecule has 0 heterocycles. The van der Waals surface area contributed by atoms with E-state index >= 15 is 0 Å². The maximum Gasteiger partial charge on any atom is 0.252 e. The summed E-state index contributed by atoms with van der Waals surface area (Å²) in [5.41, 5.74) is 1.57. The number of carbonyl (C=O) groups is 2. The number of amides is 2. The number of benzene rings is 2. The van der Waals surface area contributed by atoms with Crippen molar-refractivity contribution < 1.29 is 9.59 Å². The van der Waals surface area contributed by atoms with Crippen LogP contribution in [0.15, 0.2) is 59.1 Å². The van der Waals surface area contributed by atoms with E-state index in [1.807, 2.05) is 36.4 Å². The zero-order valence-corrected chi connectivity index (χ0v) is 13.8. The van der Waals surface area contributed by atoms with Crippen molar-refractivity contribution in [3.63, 3.8) is 0 Å². The zero-order chi connectivity index (χ0) is 15.9. The van der Waals surface area contributed by atoms with Gasteiger partial charge in [0.1, 0.15) is 0 Å². The lowest BCUT2D eigenvalue weighted by Gasteiger charge is -2.17. The van der Waals surface area contributed by atoms with Crippen molar-refractivity contribution in [2.24, 2.45) is 0 Å². The van der Waals surface area contributed by atoms with E-state index in [0.717, 1.165) is 5.56 Å². The maximum atomic E-state index is 12.1. The van der Waals surface area contributed by atoms with Crippen molar-refractivity contribution in [1.82, 2.24) is 10.2 Å². The topological polar surface area (TPSA) is 49.4 Å². The van der Waals surface area contributed by atoms with Crippen molar-refractivity contribution in [2.75, 3.05) is 13.6 Å². The molecule has 4 nitrogen and oxygen atoms in total. The van der Waals surface area contributed by atoms with Gasteiger partial charge in [-0.25, -0.2) is 0 Å². The second-order valence-corrected chi connectivity index (χ2v) is 5.75. The molecule has 0 aliphatic carbocycles. The molecular weight excluding hydrogens is 344 g/mol. The number of rotatable bonds is 5. The van der Waals surface area contributed by atoms with Crippen LogP contribution in [0.2, 0.25) is 0 Å². The Bertz CT molecular complexity index is 659. The fourth-order valence-electron chi connectivity index (χ4n) is 1.98. The summed E-state index contributed by atoms with van der Waals surface area (Å²) in [6, 6.07) is 16.8. The van der Waals surface area contributed by atoms with Gasteiger partial charge in [0.15, 0.2) is 0 Å². The molecular formula is C17H17BrN2O2. The Hall–Kier alpha value is -2.14. The van der Waals surface area contributed by atoms with Crippen LogP contribution in [-0.2, 0) is 11.3 Å². The smallest absolute Gasteiger partial charge is 0.252 e. The fourth-order valence-corrected chi connectivity index (χ4v) is 2.44. The molecule has 0 aliphatic heterocycles. The quantitative estimate of drug-likeness (QED) is 0.891. The summed E-state index contributed by atoms with van der Waals surface area (Å²) in [5, 5.41) is 2.65. The second-order valence-electron chi connectivity index (χ2n) is 4.90. The molecule has 0 spiro atoms. The SMILES string of the molecule is CN(Cc1ccccc1)C(=O)CNC(=O)c1ccccc1Br. The van der Waals surface area contributed by atoms with Crippen LogP contribution in [0.5, 0.6) is 0 Å². The Labute approximate surface area is 138 Å². The van der Waals surface area contributed by atoms with Gasteiger partial charge in [0, 0.05) is 18.1 Å². The van der Waals surface area contributed by atoms with E-state index in [4.69, 9.17) is 0 Å². The van der Waals surface area contributed by atoms with Crippen LogP contribution in [0.3, 0.4) is 0 Å². The lowest BCUT2D eigenvalue weighted by Crippen LogP contribution is -2.37. The average Bonchev–Trinajstić information content (AvgIpc) is 2.53. The van der Waals surface area contributed by atoms with E-state index in [-0.39, 0.29) is 18.4 Å². The van der Waals surface area contributed by atoms with Crippen molar-refractivity contribution in [3.05, 3.63) is 70.2 Å². The van der Waals surface area contributed by atoms with Gasteiger partial charge in [-0.3, -0.25) is 9.59 Å². The van der Waals surface area contributed by atoms with E-state index in [0.29, 0.717) is 16.6 Å². The lowest BCUT2D eigenvalue weighted by molar-refractivity contribution is -0.129. The van der Waals surface area contributed by atoms with Gasteiger partial charge in [0.2, 0.25) is 5.91 Å². The molecule has 2 rings (SSSR count). The van der Waals surface area contributed by atoms with Crippen molar-refractivity contribution >= 4 is 27.7 Å². The Balaban J connectivity index is 1.87. The number of nitrogens with zero attached hydrogens (tertiary/aromatic N) is 1. The van der Waals surface area contributed by atoms with Crippen LogP contribution in [0, 0.1) is 0 Å². The van der Waals surface area contributed by atoms with Gasteiger partial charge in [-0.15, -0.1) is 0 Å². The van der Waals surface area contributed by atoms with Crippen LogP contribution >= 0.6 is 15.9 Å². The molecule has 2 amide bonds. The summed E-state index contributed by atoms with van der Waals surface area (Å²) >= 11 is 3.32. The molecule has 5 heteroatoms. The van der Waals surface area contributed by atoms with Crippen LogP contribution in [0.1, 0.15) is 15.9 Å². The van der Waals surface area contributed by atoms with Gasteiger partial charge >= 0.3 is 0 Å². The molecule has 0 unspecified atom stereocenters. The third kappa shape index (κ3) is 4.43. The molecule has 0 saturated heterocycles. The largest absolute Gasteiger partial charge is 0.343 e. The highest BCUT2D eigenvalue weighted by molar-refractivity contribution is 9.10. The fraction of sp³-hybridized carbons (Fsp3) is 0.176. The van der Waals surface area contributed by atoms with Gasteiger partial charge in [-0.05, 0) is 33.6 Å². The number of nitrogens with one attached hydrogen (secondary N) is 1. The predicted molar refractivity (Wildman–Crippen MR) is 89.4 cm³/mol. The Morgan fingerprint density at radius 2 is 1.68 bits per heavy atom. The Morgan fingerprint density at radius 3 is 2.36 bits per heavy atom. The molecule has 22 heavy (non-hydrogen) atoms. The minimum absolute atomic E-state index is 0.0243. The molecule has 114 valence electrons. The molecule has 0 radical (unpaired) electrons. The van der Waals surface area contributed by atoms with Crippen LogP contribution in [-0.4, -0.2) is 30.3 Å². The highest BCUT2D eigenvalue weighted by Crippen LogP contribution is 2.15. The second kappa shape index (κ2) is 7.75. The van der Waals surface area contributed by atoms with Crippen molar-refractivity contribution in [1.29, 1.82) is 0 Å². The summed E-state index contributed by atoms with van der Waals surface area (Å²) in [7, 11) is 1.72. The molecule has 0 atom stereocenters.